The molecular formula is C25H19F4N3O4. The van der Waals surface area contributed by atoms with Crippen LogP contribution in [0.3, 0.4) is 0 Å². The summed E-state index contributed by atoms with van der Waals surface area (Å²) in [7, 11) is 0. The Labute approximate surface area is 201 Å². The van der Waals surface area contributed by atoms with E-state index >= 15 is 0 Å². The Morgan fingerprint density at radius 3 is 2.33 bits per heavy atom. The van der Waals surface area contributed by atoms with E-state index in [2.05, 4.69) is 5.32 Å². The van der Waals surface area contributed by atoms with Gasteiger partial charge in [-0.15, -0.1) is 0 Å². The SMILES string of the molecule is Cc1cc(F)c(CNC(=O)c2cn3c(c(O)c2=O)C(=O)N2Cc4cc(F)c(F)cc4CC3C2)c(F)c1. The van der Waals surface area contributed by atoms with Gasteiger partial charge in [-0.3, -0.25) is 14.4 Å². The van der Waals surface area contributed by atoms with Gasteiger partial charge in [0.25, 0.3) is 11.8 Å². The Morgan fingerprint density at radius 1 is 1.03 bits per heavy atom. The zero-order valence-electron chi connectivity index (χ0n) is 18.9. The molecule has 1 unspecified atom stereocenters. The van der Waals surface area contributed by atoms with Crippen LogP contribution in [0.25, 0.3) is 0 Å². The van der Waals surface area contributed by atoms with Crippen molar-refractivity contribution in [3.8, 4) is 5.75 Å². The lowest BCUT2D eigenvalue weighted by Gasteiger charge is -2.34. The molecule has 5 rings (SSSR count). The normalized spacial score (nSPS) is 16.3. The zero-order chi connectivity index (χ0) is 25.9. The van der Waals surface area contributed by atoms with E-state index in [1.165, 1.54) is 16.4 Å². The molecule has 11 heteroatoms. The van der Waals surface area contributed by atoms with Crippen LogP contribution in [0, 0.1) is 30.2 Å². The summed E-state index contributed by atoms with van der Waals surface area (Å²) in [4.78, 5) is 40.0. The molecule has 0 fully saturated rings. The minimum Gasteiger partial charge on any atom is -0.503 e. The lowest BCUT2D eigenvalue weighted by atomic mass is 10.0. The number of carbonyl (C=O) groups is 2. The largest absolute Gasteiger partial charge is 0.503 e. The van der Waals surface area contributed by atoms with E-state index in [1.807, 2.05) is 0 Å². The van der Waals surface area contributed by atoms with Crippen LogP contribution in [-0.4, -0.2) is 32.9 Å². The molecule has 2 bridgehead atoms. The number of benzene rings is 2. The van der Waals surface area contributed by atoms with Crippen molar-refractivity contribution in [1.29, 1.82) is 0 Å². The first-order valence-electron chi connectivity index (χ1n) is 11.0. The number of aryl methyl sites for hydroxylation is 1. The van der Waals surface area contributed by atoms with Gasteiger partial charge in [-0.25, -0.2) is 17.6 Å². The number of hydrogen-bond acceptors (Lipinski definition) is 4. The van der Waals surface area contributed by atoms with E-state index in [4.69, 9.17) is 0 Å². The summed E-state index contributed by atoms with van der Waals surface area (Å²) < 4.78 is 57.3. The molecule has 7 nitrogen and oxygen atoms in total. The summed E-state index contributed by atoms with van der Waals surface area (Å²) in [6, 6.07) is 3.64. The van der Waals surface area contributed by atoms with Gasteiger partial charge in [0.15, 0.2) is 23.1 Å². The van der Waals surface area contributed by atoms with Crippen molar-refractivity contribution in [1.82, 2.24) is 14.8 Å². The summed E-state index contributed by atoms with van der Waals surface area (Å²) in [5.41, 5.74) is -1.25. The van der Waals surface area contributed by atoms with E-state index in [0.29, 0.717) is 16.7 Å². The quantitative estimate of drug-likeness (QED) is 0.540. The molecule has 3 heterocycles. The Kier molecular flexibility index (Phi) is 5.57. The van der Waals surface area contributed by atoms with Crippen molar-refractivity contribution >= 4 is 11.8 Å². The summed E-state index contributed by atoms with van der Waals surface area (Å²) in [5.74, 6) is -6.54. The minimum atomic E-state index is -1.13. The maximum atomic E-state index is 14.1. The molecule has 0 radical (unpaired) electrons. The van der Waals surface area contributed by atoms with Crippen LogP contribution in [0.1, 0.15) is 49.1 Å². The van der Waals surface area contributed by atoms with Gasteiger partial charge in [-0.05, 0) is 54.3 Å². The Balaban J connectivity index is 1.51. The molecule has 1 aromatic heterocycles. The van der Waals surface area contributed by atoms with Crippen molar-refractivity contribution in [3.05, 3.63) is 97.5 Å². The van der Waals surface area contributed by atoms with Crippen molar-refractivity contribution in [3.63, 3.8) is 0 Å². The molecule has 0 spiro atoms. The van der Waals surface area contributed by atoms with Crippen molar-refractivity contribution in [2.75, 3.05) is 6.54 Å². The monoisotopic (exact) mass is 501 g/mol. The van der Waals surface area contributed by atoms with E-state index < -0.39 is 70.0 Å². The highest BCUT2D eigenvalue weighted by Crippen LogP contribution is 2.34. The number of halogens is 4. The van der Waals surface area contributed by atoms with E-state index in [1.54, 1.807) is 0 Å². The highest BCUT2D eigenvalue weighted by atomic mass is 19.2. The second-order valence-corrected chi connectivity index (χ2v) is 8.94. The fourth-order valence-electron chi connectivity index (χ4n) is 4.74. The number of nitrogens with zero attached hydrogens (tertiary/aromatic N) is 2. The van der Waals surface area contributed by atoms with E-state index in [0.717, 1.165) is 30.5 Å². The van der Waals surface area contributed by atoms with Gasteiger partial charge in [0.2, 0.25) is 5.43 Å². The van der Waals surface area contributed by atoms with Gasteiger partial charge in [-0.1, -0.05) is 0 Å². The molecule has 36 heavy (non-hydrogen) atoms. The molecule has 1 atom stereocenters. The molecule has 2 N–H and O–H groups in total. The first-order chi connectivity index (χ1) is 17.0. The predicted molar refractivity (Wildman–Crippen MR) is 118 cm³/mol. The number of hydrogen-bond donors (Lipinski definition) is 2. The molecule has 0 aliphatic carbocycles. The fraction of sp³-hybridized carbons (Fsp3) is 0.240. The van der Waals surface area contributed by atoms with Crippen LogP contribution >= 0.6 is 0 Å². The molecule has 2 aliphatic heterocycles. The minimum absolute atomic E-state index is 0.0502. The summed E-state index contributed by atoms with van der Waals surface area (Å²) in [6.45, 7) is 0.996. The predicted octanol–water partition coefficient (Wildman–Crippen LogP) is 3.10. The number of aromatic hydroxyl groups is 1. The number of nitrogens with one attached hydrogen (secondary N) is 1. The second-order valence-electron chi connectivity index (χ2n) is 8.94. The third-order valence-corrected chi connectivity index (χ3v) is 6.54. The Bertz CT molecular complexity index is 1500. The number of fused-ring (bicyclic) bond motifs is 5. The Morgan fingerprint density at radius 2 is 1.67 bits per heavy atom. The summed E-state index contributed by atoms with van der Waals surface area (Å²) in [6.07, 6.45) is 1.23. The lowest BCUT2D eigenvalue weighted by molar-refractivity contribution is 0.0653. The molecule has 186 valence electrons. The van der Waals surface area contributed by atoms with Gasteiger partial charge < -0.3 is 19.9 Å². The highest BCUT2D eigenvalue weighted by Gasteiger charge is 2.38. The van der Waals surface area contributed by atoms with Gasteiger partial charge in [0.1, 0.15) is 17.2 Å². The number of pyridine rings is 1. The molecule has 2 amide bonds. The van der Waals surface area contributed by atoms with E-state index in [9.17, 15) is 37.1 Å². The number of amides is 2. The third-order valence-electron chi connectivity index (χ3n) is 6.54. The standard InChI is InChI=1S/C25H19F4N3O4/c1-11-2-17(26)15(18(27)3-11)7-30-24(35)16-10-32-14-4-12-5-19(28)20(29)6-13(12)8-31(9-14)25(36)21(32)23(34)22(16)33/h2-3,5-6,10,14,34H,4,7-9H2,1H3,(H,30,35). The van der Waals surface area contributed by atoms with Crippen LogP contribution in [0.5, 0.6) is 5.75 Å². The van der Waals surface area contributed by atoms with Crippen LogP contribution in [0.15, 0.2) is 35.3 Å². The molecule has 2 aromatic carbocycles. The number of aromatic nitrogens is 1. The summed E-state index contributed by atoms with van der Waals surface area (Å²) >= 11 is 0. The number of rotatable bonds is 3. The molecule has 3 aromatic rings. The fourth-order valence-corrected chi connectivity index (χ4v) is 4.74. The third kappa shape index (κ3) is 3.80. The molecular weight excluding hydrogens is 482 g/mol. The highest BCUT2D eigenvalue weighted by molar-refractivity contribution is 5.99. The topological polar surface area (TPSA) is 91.6 Å². The molecule has 0 saturated carbocycles. The van der Waals surface area contributed by atoms with Crippen LogP contribution in [0.2, 0.25) is 0 Å². The van der Waals surface area contributed by atoms with Crippen LogP contribution in [-0.2, 0) is 19.5 Å². The Hall–Kier alpha value is -4.15. The molecule has 0 saturated heterocycles. The summed E-state index contributed by atoms with van der Waals surface area (Å²) in [5, 5.41) is 12.9. The van der Waals surface area contributed by atoms with Gasteiger partial charge in [0, 0.05) is 31.4 Å². The second kappa shape index (κ2) is 8.51. The number of carbonyl (C=O) groups excluding carboxylic acids is 2. The maximum Gasteiger partial charge on any atom is 0.274 e. The first kappa shape index (κ1) is 23.6. The van der Waals surface area contributed by atoms with Crippen molar-refractivity contribution in [2.45, 2.75) is 32.5 Å². The first-order valence-corrected chi connectivity index (χ1v) is 11.0. The van der Waals surface area contributed by atoms with E-state index in [-0.39, 0.29) is 25.2 Å². The van der Waals surface area contributed by atoms with Crippen molar-refractivity contribution in [2.24, 2.45) is 0 Å². The lowest BCUT2D eigenvalue weighted by Crippen LogP contribution is -2.44. The van der Waals surface area contributed by atoms with Gasteiger partial charge >= 0.3 is 0 Å². The molecule has 2 aliphatic rings. The average molecular weight is 501 g/mol. The van der Waals surface area contributed by atoms with Crippen molar-refractivity contribution < 1.29 is 32.3 Å². The maximum absolute atomic E-state index is 14.1. The average Bonchev–Trinajstić information content (AvgIpc) is 2.96. The van der Waals surface area contributed by atoms with Gasteiger partial charge in [0.05, 0.1) is 6.04 Å². The van der Waals surface area contributed by atoms with Crippen LogP contribution in [0.4, 0.5) is 17.6 Å². The van der Waals surface area contributed by atoms with Crippen LogP contribution < -0.4 is 10.7 Å². The zero-order valence-corrected chi connectivity index (χ0v) is 18.9. The smallest absolute Gasteiger partial charge is 0.274 e. The van der Waals surface area contributed by atoms with Gasteiger partial charge in [-0.2, -0.15) is 0 Å².